The van der Waals surface area contributed by atoms with Gasteiger partial charge in [-0.15, -0.1) is 0 Å². The van der Waals surface area contributed by atoms with Gasteiger partial charge >= 0.3 is 5.69 Å². The van der Waals surface area contributed by atoms with Crippen molar-refractivity contribution in [2.75, 3.05) is 18.5 Å². The Hall–Kier alpha value is -3.83. The molecule has 5 rings (SSSR count). The third kappa shape index (κ3) is 3.99. The smallest absolute Gasteiger partial charge is 0.327 e. The Morgan fingerprint density at radius 2 is 1.97 bits per heavy atom. The van der Waals surface area contributed by atoms with Crippen LogP contribution in [0.1, 0.15) is 18.9 Å². The van der Waals surface area contributed by atoms with Crippen LogP contribution in [-0.4, -0.2) is 37.7 Å². The van der Waals surface area contributed by atoms with Crippen LogP contribution in [0.3, 0.4) is 0 Å². The average molecular weight is 485 g/mol. The van der Waals surface area contributed by atoms with Crippen LogP contribution >= 0.6 is 11.6 Å². The van der Waals surface area contributed by atoms with Gasteiger partial charge in [-0.25, -0.2) is 14.2 Å². The van der Waals surface area contributed by atoms with E-state index < -0.39 is 10.7 Å². The number of nitro benzene ring substituents is 1. The summed E-state index contributed by atoms with van der Waals surface area (Å²) in [5.41, 5.74) is 0.727. The van der Waals surface area contributed by atoms with E-state index in [0.29, 0.717) is 53.5 Å². The Kier molecular flexibility index (Phi) is 5.72. The van der Waals surface area contributed by atoms with Gasteiger partial charge in [0.1, 0.15) is 22.7 Å². The van der Waals surface area contributed by atoms with Gasteiger partial charge in [-0.2, -0.15) is 4.98 Å². The first kappa shape index (κ1) is 22.0. The highest BCUT2D eigenvalue weighted by molar-refractivity contribution is 6.33. The molecule has 0 amide bonds. The first-order valence-corrected chi connectivity index (χ1v) is 10.9. The highest BCUT2D eigenvalue weighted by atomic mass is 35.5. The number of aromatic amines is 1. The van der Waals surface area contributed by atoms with E-state index in [1.807, 2.05) is 0 Å². The zero-order valence-corrected chi connectivity index (χ0v) is 18.4. The topological polar surface area (TPSA) is 128 Å². The van der Waals surface area contributed by atoms with Crippen LogP contribution in [0, 0.1) is 15.9 Å². The van der Waals surface area contributed by atoms with Crippen LogP contribution in [0.5, 0.6) is 0 Å². The Balaban J connectivity index is 1.73. The molecule has 12 heteroatoms. The molecule has 0 atom stereocenters. The molecule has 1 aliphatic rings. The van der Waals surface area contributed by atoms with Crippen molar-refractivity contribution in [1.29, 1.82) is 0 Å². The summed E-state index contributed by atoms with van der Waals surface area (Å²) < 4.78 is 20.9. The summed E-state index contributed by atoms with van der Waals surface area (Å²) in [5.74, 6) is -0.711. The molecule has 1 saturated heterocycles. The van der Waals surface area contributed by atoms with E-state index in [2.05, 4.69) is 20.3 Å². The van der Waals surface area contributed by atoms with Crippen molar-refractivity contribution in [2.24, 2.45) is 0 Å². The van der Waals surface area contributed by atoms with Crippen molar-refractivity contribution in [1.82, 2.24) is 19.5 Å². The Labute approximate surface area is 196 Å². The normalized spacial score (nSPS) is 14.4. The minimum atomic E-state index is -0.665. The molecule has 2 aromatic heterocycles. The van der Waals surface area contributed by atoms with Gasteiger partial charge in [-0.3, -0.25) is 14.7 Å². The zero-order chi connectivity index (χ0) is 23.8. The lowest BCUT2D eigenvalue weighted by Gasteiger charge is -2.23. The average Bonchev–Trinajstić information content (AvgIpc) is 3.15. The SMILES string of the molecule is O=c1[nH]c2c(-c3ccccc3Cl)nc(Nc3cc(F)ccc3[N+](=O)[O-])nc2n1C1CCOCC1. The molecule has 0 radical (unpaired) electrons. The number of nitrogens with zero attached hydrogens (tertiary/aromatic N) is 4. The Morgan fingerprint density at radius 3 is 2.71 bits per heavy atom. The third-order valence-corrected chi connectivity index (χ3v) is 5.99. The predicted molar refractivity (Wildman–Crippen MR) is 124 cm³/mol. The third-order valence-electron chi connectivity index (χ3n) is 5.66. The van der Waals surface area contributed by atoms with Crippen molar-refractivity contribution in [3.63, 3.8) is 0 Å². The second kappa shape index (κ2) is 8.84. The number of benzene rings is 2. The number of nitro groups is 1. The number of rotatable bonds is 5. The van der Waals surface area contributed by atoms with Crippen molar-refractivity contribution < 1.29 is 14.1 Å². The van der Waals surface area contributed by atoms with E-state index >= 15 is 0 Å². The molecular formula is C22H18ClFN6O4. The van der Waals surface area contributed by atoms with Crippen molar-refractivity contribution in [2.45, 2.75) is 18.9 Å². The number of ether oxygens (including phenoxy) is 1. The molecule has 3 heterocycles. The molecule has 1 fully saturated rings. The fourth-order valence-electron chi connectivity index (χ4n) is 4.08. The maximum absolute atomic E-state index is 13.9. The summed E-state index contributed by atoms with van der Waals surface area (Å²) >= 11 is 6.42. The molecule has 174 valence electrons. The molecule has 1 aliphatic heterocycles. The highest BCUT2D eigenvalue weighted by Crippen LogP contribution is 2.34. The summed E-state index contributed by atoms with van der Waals surface area (Å²) in [6.45, 7) is 1.01. The van der Waals surface area contributed by atoms with Crippen LogP contribution in [0.25, 0.3) is 22.4 Å². The van der Waals surface area contributed by atoms with E-state index in [1.165, 1.54) is 0 Å². The van der Waals surface area contributed by atoms with E-state index in [0.717, 1.165) is 18.2 Å². The van der Waals surface area contributed by atoms with Gasteiger partial charge in [0, 0.05) is 37.0 Å². The molecule has 4 aromatic rings. The minimum Gasteiger partial charge on any atom is -0.381 e. The second-order valence-electron chi connectivity index (χ2n) is 7.76. The molecule has 0 aliphatic carbocycles. The van der Waals surface area contributed by atoms with Crippen molar-refractivity contribution >= 4 is 40.1 Å². The predicted octanol–water partition coefficient (Wildman–Crippen LogP) is 4.58. The molecule has 10 nitrogen and oxygen atoms in total. The lowest BCUT2D eigenvalue weighted by Crippen LogP contribution is -2.27. The quantitative estimate of drug-likeness (QED) is 0.313. The molecular weight excluding hydrogens is 467 g/mol. The number of halogens is 2. The number of aromatic nitrogens is 4. The van der Waals surface area contributed by atoms with Crippen LogP contribution in [0.4, 0.5) is 21.7 Å². The van der Waals surface area contributed by atoms with Gasteiger partial charge in [0.2, 0.25) is 5.95 Å². The number of anilines is 2. The Morgan fingerprint density at radius 1 is 1.21 bits per heavy atom. The molecule has 0 bridgehead atoms. The largest absolute Gasteiger partial charge is 0.381 e. The van der Waals surface area contributed by atoms with Gasteiger partial charge < -0.3 is 15.0 Å². The highest BCUT2D eigenvalue weighted by Gasteiger charge is 2.25. The zero-order valence-electron chi connectivity index (χ0n) is 17.6. The number of nitrogens with one attached hydrogen (secondary N) is 2. The first-order chi connectivity index (χ1) is 16.4. The fourth-order valence-corrected chi connectivity index (χ4v) is 4.30. The lowest BCUT2D eigenvalue weighted by molar-refractivity contribution is -0.384. The van der Waals surface area contributed by atoms with E-state index in [-0.39, 0.29) is 29.1 Å². The molecule has 0 unspecified atom stereocenters. The van der Waals surface area contributed by atoms with E-state index in [1.54, 1.807) is 28.8 Å². The van der Waals surface area contributed by atoms with Crippen molar-refractivity contribution in [3.05, 3.63) is 73.9 Å². The molecule has 2 aromatic carbocycles. The fraction of sp³-hybridized carbons (Fsp3) is 0.227. The summed E-state index contributed by atoms with van der Waals surface area (Å²) in [6.07, 6.45) is 1.24. The molecule has 2 N–H and O–H groups in total. The first-order valence-electron chi connectivity index (χ1n) is 10.5. The van der Waals surface area contributed by atoms with E-state index in [4.69, 9.17) is 16.3 Å². The monoisotopic (exact) mass is 484 g/mol. The Bertz CT molecular complexity index is 1460. The van der Waals surface area contributed by atoms with E-state index in [9.17, 15) is 19.3 Å². The van der Waals surface area contributed by atoms with Crippen molar-refractivity contribution in [3.8, 4) is 11.3 Å². The standard InChI is InChI=1S/C22H18ClFN6O4/c23-15-4-2-1-3-14(15)18-19-20(29(22(31)27-19)13-7-9-34-10-8-13)28-21(26-18)25-16-11-12(24)5-6-17(16)30(32)33/h1-6,11,13H,7-10H2,(H,27,31)(H,25,26,28). The van der Waals surface area contributed by atoms with Gasteiger partial charge in [0.15, 0.2) is 5.65 Å². The number of hydrogen-bond acceptors (Lipinski definition) is 7. The molecule has 0 spiro atoms. The van der Waals surface area contributed by atoms with Gasteiger partial charge in [-0.1, -0.05) is 29.8 Å². The number of hydrogen-bond donors (Lipinski definition) is 2. The van der Waals surface area contributed by atoms with Crippen LogP contribution in [0.2, 0.25) is 5.02 Å². The molecule has 34 heavy (non-hydrogen) atoms. The van der Waals surface area contributed by atoms with Gasteiger partial charge in [0.05, 0.1) is 9.95 Å². The second-order valence-corrected chi connectivity index (χ2v) is 8.17. The van der Waals surface area contributed by atoms with Gasteiger partial charge in [0.25, 0.3) is 5.69 Å². The van der Waals surface area contributed by atoms with Crippen LogP contribution < -0.4 is 11.0 Å². The maximum Gasteiger partial charge on any atom is 0.327 e. The minimum absolute atomic E-state index is 0.0454. The van der Waals surface area contributed by atoms with Crippen LogP contribution in [0.15, 0.2) is 47.3 Å². The van der Waals surface area contributed by atoms with Gasteiger partial charge in [-0.05, 0) is 25.0 Å². The number of fused-ring (bicyclic) bond motifs is 1. The summed E-state index contributed by atoms with van der Waals surface area (Å²) in [4.78, 5) is 35.6. The summed E-state index contributed by atoms with van der Waals surface area (Å²) in [7, 11) is 0. The summed E-state index contributed by atoms with van der Waals surface area (Å²) in [6, 6.07) is 9.84. The number of H-pyrrole nitrogens is 1. The molecule has 0 saturated carbocycles. The van der Waals surface area contributed by atoms with Crippen LogP contribution in [-0.2, 0) is 4.74 Å². The lowest BCUT2D eigenvalue weighted by atomic mass is 10.1. The number of imidazole rings is 1. The summed E-state index contributed by atoms with van der Waals surface area (Å²) in [5, 5.41) is 14.6. The maximum atomic E-state index is 13.9.